The van der Waals surface area contributed by atoms with E-state index in [-0.39, 0.29) is 0 Å². The molecule has 1 aliphatic heterocycles. The normalized spacial score (nSPS) is 12.9. The van der Waals surface area contributed by atoms with Crippen LogP contribution in [0, 0.1) is 0 Å². The number of ether oxygens (including phenoxy) is 3. The molecule has 2 heterocycles. The summed E-state index contributed by atoms with van der Waals surface area (Å²) < 4.78 is 15.9. The first-order valence-corrected chi connectivity index (χ1v) is 10.7. The van der Waals surface area contributed by atoms with Gasteiger partial charge < -0.3 is 29.7 Å². The SMILES string of the molecule is COc1cc(NC(=O)Nc2ccc(-c3ccc(N4CCCC4)nn3)cc2)cc(OC)c1OC. The van der Waals surface area contributed by atoms with Crippen LogP contribution in [0.15, 0.2) is 48.5 Å². The molecule has 1 saturated heterocycles. The number of hydrogen-bond acceptors (Lipinski definition) is 7. The first-order valence-electron chi connectivity index (χ1n) is 10.7. The van der Waals surface area contributed by atoms with E-state index in [4.69, 9.17) is 14.2 Å². The third-order valence-corrected chi connectivity index (χ3v) is 5.44. The van der Waals surface area contributed by atoms with E-state index in [9.17, 15) is 4.79 Å². The lowest BCUT2D eigenvalue weighted by Gasteiger charge is -2.15. The van der Waals surface area contributed by atoms with Crippen LogP contribution in [0.2, 0.25) is 0 Å². The molecule has 0 saturated carbocycles. The van der Waals surface area contributed by atoms with Gasteiger partial charge in [-0.05, 0) is 37.1 Å². The predicted molar refractivity (Wildman–Crippen MR) is 128 cm³/mol. The summed E-state index contributed by atoms with van der Waals surface area (Å²) in [6, 6.07) is 14.3. The number of urea groups is 1. The van der Waals surface area contributed by atoms with Crippen molar-refractivity contribution in [3.05, 3.63) is 48.5 Å². The molecule has 172 valence electrons. The molecule has 9 nitrogen and oxygen atoms in total. The van der Waals surface area contributed by atoms with E-state index in [1.165, 1.54) is 34.2 Å². The maximum absolute atomic E-state index is 12.5. The van der Waals surface area contributed by atoms with E-state index in [2.05, 4.69) is 25.7 Å². The van der Waals surface area contributed by atoms with Crippen LogP contribution in [0.5, 0.6) is 17.2 Å². The van der Waals surface area contributed by atoms with E-state index in [1.54, 1.807) is 12.1 Å². The van der Waals surface area contributed by atoms with Crippen molar-refractivity contribution in [3.8, 4) is 28.5 Å². The highest BCUT2D eigenvalue weighted by Gasteiger charge is 2.15. The molecule has 2 amide bonds. The first kappa shape index (κ1) is 22.2. The monoisotopic (exact) mass is 449 g/mol. The second-order valence-electron chi connectivity index (χ2n) is 7.54. The number of rotatable bonds is 7. The summed E-state index contributed by atoms with van der Waals surface area (Å²) in [6.45, 7) is 2.07. The van der Waals surface area contributed by atoms with Gasteiger partial charge in [0.25, 0.3) is 0 Å². The number of hydrogen-bond donors (Lipinski definition) is 2. The van der Waals surface area contributed by atoms with Crippen molar-refractivity contribution in [1.29, 1.82) is 0 Å². The Balaban J connectivity index is 1.40. The lowest BCUT2D eigenvalue weighted by molar-refractivity contribution is 0.262. The lowest BCUT2D eigenvalue weighted by Crippen LogP contribution is -2.19. The maximum atomic E-state index is 12.5. The summed E-state index contributed by atoms with van der Waals surface area (Å²) in [6.07, 6.45) is 2.40. The van der Waals surface area contributed by atoms with E-state index >= 15 is 0 Å². The van der Waals surface area contributed by atoms with Gasteiger partial charge in [-0.15, -0.1) is 10.2 Å². The molecule has 3 aromatic rings. The molecule has 0 bridgehead atoms. The van der Waals surface area contributed by atoms with Gasteiger partial charge in [-0.3, -0.25) is 0 Å². The summed E-state index contributed by atoms with van der Waals surface area (Å²) in [5.41, 5.74) is 2.86. The first-order chi connectivity index (χ1) is 16.1. The van der Waals surface area contributed by atoms with Crippen molar-refractivity contribution in [2.75, 3.05) is 50.0 Å². The van der Waals surface area contributed by atoms with Crippen LogP contribution < -0.4 is 29.7 Å². The minimum Gasteiger partial charge on any atom is -0.493 e. The standard InChI is InChI=1S/C24H27N5O4/c1-31-20-14-18(15-21(32-2)23(20)33-3)26-24(30)25-17-8-6-16(7-9-17)19-10-11-22(28-27-19)29-12-4-5-13-29/h6-11,14-15H,4-5,12-13H2,1-3H3,(H2,25,26,30). The van der Waals surface area contributed by atoms with Crippen molar-refractivity contribution < 1.29 is 19.0 Å². The Kier molecular flexibility index (Phi) is 6.77. The van der Waals surface area contributed by atoms with Gasteiger partial charge in [-0.1, -0.05) is 12.1 Å². The van der Waals surface area contributed by atoms with Gasteiger partial charge in [0.05, 0.1) is 32.7 Å². The van der Waals surface area contributed by atoms with Crippen LogP contribution in [0.1, 0.15) is 12.8 Å². The molecule has 2 aromatic carbocycles. The van der Waals surface area contributed by atoms with E-state index in [0.717, 1.165) is 30.2 Å². The molecule has 0 unspecified atom stereocenters. The third kappa shape index (κ3) is 5.08. The van der Waals surface area contributed by atoms with Gasteiger partial charge in [-0.2, -0.15) is 0 Å². The zero-order valence-corrected chi connectivity index (χ0v) is 18.9. The molecule has 4 rings (SSSR count). The van der Waals surface area contributed by atoms with Crippen LogP contribution in [0.3, 0.4) is 0 Å². The minimum atomic E-state index is -0.396. The molecule has 9 heteroatoms. The Hall–Kier alpha value is -4.01. The Labute approximate surface area is 192 Å². The van der Waals surface area contributed by atoms with Crippen LogP contribution >= 0.6 is 0 Å². The van der Waals surface area contributed by atoms with Gasteiger partial charge in [-0.25, -0.2) is 4.79 Å². The summed E-state index contributed by atoms with van der Waals surface area (Å²) in [4.78, 5) is 14.7. The van der Waals surface area contributed by atoms with Gasteiger partial charge in [0.15, 0.2) is 17.3 Å². The number of carbonyl (C=O) groups is 1. The van der Waals surface area contributed by atoms with Crippen molar-refractivity contribution in [1.82, 2.24) is 10.2 Å². The molecule has 0 radical (unpaired) electrons. The van der Waals surface area contributed by atoms with Gasteiger partial charge >= 0.3 is 6.03 Å². The predicted octanol–water partition coefficient (Wildman–Crippen LogP) is 4.41. The average molecular weight is 450 g/mol. The third-order valence-electron chi connectivity index (χ3n) is 5.44. The summed E-state index contributed by atoms with van der Waals surface area (Å²) in [5, 5.41) is 14.3. The van der Waals surface area contributed by atoms with E-state index < -0.39 is 6.03 Å². The van der Waals surface area contributed by atoms with Gasteiger partial charge in [0, 0.05) is 36.5 Å². The maximum Gasteiger partial charge on any atom is 0.323 e. The molecular weight excluding hydrogens is 422 g/mol. The largest absolute Gasteiger partial charge is 0.493 e. The number of amides is 2. The topological polar surface area (TPSA) is 97.8 Å². The Bertz CT molecular complexity index is 1070. The zero-order chi connectivity index (χ0) is 23.2. The van der Waals surface area contributed by atoms with Gasteiger partial charge in [0.2, 0.25) is 5.75 Å². The van der Waals surface area contributed by atoms with E-state index in [1.807, 2.05) is 36.4 Å². The fourth-order valence-corrected chi connectivity index (χ4v) is 3.77. The van der Waals surface area contributed by atoms with Crippen LogP contribution in [0.4, 0.5) is 22.0 Å². The Morgan fingerprint density at radius 2 is 1.45 bits per heavy atom. The highest BCUT2D eigenvalue weighted by Crippen LogP contribution is 2.40. The van der Waals surface area contributed by atoms with Gasteiger partial charge in [0.1, 0.15) is 0 Å². The highest BCUT2D eigenvalue weighted by molar-refractivity contribution is 6.00. The molecule has 0 aliphatic carbocycles. The number of anilines is 3. The second-order valence-corrected chi connectivity index (χ2v) is 7.54. The number of nitrogens with one attached hydrogen (secondary N) is 2. The highest BCUT2D eigenvalue weighted by atomic mass is 16.5. The van der Waals surface area contributed by atoms with Crippen molar-refractivity contribution in [3.63, 3.8) is 0 Å². The smallest absolute Gasteiger partial charge is 0.323 e. The molecule has 1 aliphatic rings. The number of aromatic nitrogens is 2. The molecule has 33 heavy (non-hydrogen) atoms. The molecule has 2 N–H and O–H groups in total. The van der Waals surface area contributed by atoms with Crippen molar-refractivity contribution >= 4 is 23.2 Å². The lowest BCUT2D eigenvalue weighted by atomic mass is 10.1. The summed E-state index contributed by atoms with van der Waals surface area (Å²) in [5.74, 6) is 2.28. The molecule has 0 atom stereocenters. The Morgan fingerprint density at radius 3 is 2.00 bits per heavy atom. The minimum absolute atomic E-state index is 0.396. The van der Waals surface area contributed by atoms with Crippen LogP contribution in [0.25, 0.3) is 11.3 Å². The fraction of sp³-hybridized carbons (Fsp3) is 0.292. The molecule has 0 spiro atoms. The van der Waals surface area contributed by atoms with Crippen LogP contribution in [-0.2, 0) is 0 Å². The number of nitrogens with zero attached hydrogens (tertiary/aromatic N) is 3. The fourth-order valence-electron chi connectivity index (χ4n) is 3.77. The molecular formula is C24H27N5O4. The Morgan fingerprint density at radius 1 is 0.818 bits per heavy atom. The average Bonchev–Trinajstić information content (AvgIpc) is 3.39. The number of benzene rings is 2. The van der Waals surface area contributed by atoms with Crippen LogP contribution in [-0.4, -0.2) is 50.6 Å². The molecule has 1 aromatic heterocycles. The quantitative estimate of drug-likeness (QED) is 0.551. The molecule has 1 fully saturated rings. The van der Waals surface area contributed by atoms with Crippen molar-refractivity contribution in [2.24, 2.45) is 0 Å². The second kappa shape index (κ2) is 10.1. The summed E-state index contributed by atoms with van der Waals surface area (Å²) >= 11 is 0. The summed E-state index contributed by atoms with van der Waals surface area (Å²) in [7, 11) is 4.57. The van der Waals surface area contributed by atoms with Crippen molar-refractivity contribution in [2.45, 2.75) is 12.8 Å². The number of methoxy groups -OCH3 is 3. The van der Waals surface area contributed by atoms with E-state index in [0.29, 0.717) is 28.6 Å². The zero-order valence-electron chi connectivity index (χ0n) is 18.9. The number of carbonyl (C=O) groups excluding carboxylic acids is 1.